The zero-order chi connectivity index (χ0) is 17.0. The van der Waals surface area contributed by atoms with Crippen LogP contribution < -0.4 is 11.1 Å². The number of nitrogens with zero attached hydrogens (tertiary/aromatic N) is 1. The highest BCUT2D eigenvalue weighted by Gasteiger charge is 2.26. The highest BCUT2D eigenvalue weighted by molar-refractivity contribution is 7.23. The Morgan fingerprint density at radius 1 is 1.48 bits per heavy atom. The molecule has 0 aliphatic carbocycles. The van der Waals surface area contributed by atoms with Crippen LogP contribution in [-0.2, 0) is 11.2 Å². The summed E-state index contributed by atoms with van der Waals surface area (Å²) in [5.41, 5.74) is 6.24. The summed E-state index contributed by atoms with van der Waals surface area (Å²) in [4.78, 5) is 17.9. The molecule has 0 aliphatic rings. The minimum absolute atomic E-state index is 0.0420. The largest absolute Gasteiger partial charge is 0.349 e. The molecule has 2 rings (SSSR count). The van der Waals surface area contributed by atoms with E-state index in [1.165, 1.54) is 22.7 Å². The number of carbonyl (C=O) groups is 1. The molecule has 2 aromatic heterocycles. The number of rotatable bonds is 7. The number of thiazole rings is 1. The summed E-state index contributed by atoms with van der Waals surface area (Å²) in [6.45, 7) is 6.66. The number of thiophene rings is 1. The Kier molecular flexibility index (Phi) is 6.19. The standard InChI is InChI=1S/C16H22ClN3OS2/c1-10(2)7-16(3,9-18)20-14(21)6-11-8-22-15(19-11)12-4-5-13(17)23-12/h4-5,8,10H,6-7,9,18H2,1-3H3,(H,20,21). The van der Waals surface area contributed by atoms with E-state index < -0.39 is 0 Å². The summed E-state index contributed by atoms with van der Waals surface area (Å²) in [5, 5.41) is 5.88. The molecule has 0 aromatic carbocycles. The molecule has 0 bridgehead atoms. The highest BCUT2D eigenvalue weighted by Crippen LogP contribution is 2.33. The van der Waals surface area contributed by atoms with Crippen molar-refractivity contribution in [1.82, 2.24) is 10.3 Å². The van der Waals surface area contributed by atoms with Gasteiger partial charge in [0, 0.05) is 17.5 Å². The smallest absolute Gasteiger partial charge is 0.226 e. The van der Waals surface area contributed by atoms with Gasteiger partial charge in [-0.25, -0.2) is 4.98 Å². The monoisotopic (exact) mass is 371 g/mol. The molecule has 126 valence electrons. The van der Waals surface area contributed by atoms with Crippen molar-refractivity contribution >= 4 is 40.2 Å². The summed E-state index contributed by atoms with van der Waals surface area (Å²) >= 11 is 8.97. The van der Waals surface area contributed by atoms with Crippen molar-refractivity contribution in [3.63, 3.8) is 0 Å². The lowest BCUT2D eigenvalue weighted by Crippen LogP contribution is -2.52. The second-order valence-electron chi connectivity index (χ2n) is 6.34. The van der Waals surface area contributed by atoms with Gasteiger partial charge in [0.1, 0.15) is 5.01 Å². The van der Waals surface area contributed by atoms with E-state index in [-0.39, 0.29) is 17.9 Å². The van der Waals surface area contributed by atoms with Gasteiger partial charge < -0.3 is 11.1 Å². The molecule has 0 fully saturated rings. The lowest BCUT2D eigenvalue weighted by Gasteiger charge is -2.31. The van der Waals surface area contributed by atoms with Crippen molar-refractivity contribution in [3.8, 4) is 9.88 Å². The van der Waals surface area contributed by atoms with Crippen molar-refractivity contribution in [1.29, 1.82) is 0 Å². The van der Waals surface area contributed by atoms with Crippen LogP contribution in [0.3, 0.4) is 0 Å². The first-order valence-electron chi connectivity index (χ1n) is 7.52. The SMILES string of the molecule is CC(C)CC(C)(CN)NC(=O)Cc1csc(-c2ccc(Cl)s2)n1. The first-order chi connectivity index (χ1) is 10.8. The van der Waals surface area contributed by atoms with Gasteiger partial charge in [0.2, 0.25) is 5.91 Å². The van der Waals surface area contributed by atoms with E-state index >= 15 is 0 Å². The van der Waals surface area contributed by atoms with Crippen LogP contribution in [0.2, 0.25) is 4.34 Å². The summed E-state index contributed by atoms with van der Waals surface area (Å²) in [7, 11) is 0. The molecule has 1 amide bonds. The third-order valence-corrected chi connectivity index (χ3v) is 5.72. The lowest BCUT2D eigenvalue weighted by atomic mass is 9.90. The second kappa shape index (κ2) is 7.75. The maximum atomic E-state index is 12.3. The average Bonchev–Trinajstić information content (AvgIpc) is 3.06. The number of hydrogen-bond acceptors (Lipinski definition) is 5. The minimum Gasteiger partial charge on any atom is -0.349 e. The van der Waals surface area contributed by atoms with Crippen molar-refractivity contribution in [2.45, 2.75) is 39.2 Å². The zero-order valence-corrected chi connectivity index (χ0v) is 15.9. The van der Waals surface area contributed by atoms with Crippen LogP contribution in [0.25, 0.3) is 9.88 Å². The molecule has 0 spiro atoms. The van der Waals surface area contributed by atoms with Crippen LogP contribution >= 0.6 is 34.3 Å². The van der Waals surface area contributed by atoms with Crippen molar-refractivity contribution in [3.05, 3.63) is 27.5 Å². The number of hydrogen-bond donors (Lipinski definition) is 2. The fraction of sp³-hybridized carbons (Fsp3) is 0.500. The predicted octanol–water partition coefficient (Wildman–Crippen LogP) is 3.95. The number of amides is 1. The van der Waals surface area contributed by atoms with Gasteiger partial charge in [-0.2, -0.15) is 0 Å². The fourth-order valence-electron chi connectivity index (χ4n) is 2.56. The normalized spacial score (nSPS) is 14.0. The molecule has 0 aliphatic heterocycles. The van der Waals surface area contributed by atoms with Gasteiger partial charge in [-0.1, -0.05) is 25.4 Å². The van der Waals surface area contributed by atoms with Gasteiger partial charge in [0.05, 0.1) is 21.3 Å². The Hall–Kier alpha value is -0.950. The molecule has 0 radical (unpaired) electrons. The highest BCUT2D eigenvalue weighted by atomic mass is 35.5. The fourth-order valence-corrected chi connectivity index (χ4v) is 4.50. The molecular weight excluding hydrogens is 350 g/mol. The molecular formula is C16H22ClN3OS2. The van der Waals surface area contributed by atoms with Crippen LogP contribution in [-0.4, -0.2) is 23.0 Å². The van der Waals surface area contributed by atoms with E-state index in [2.05, 4.69) is 24.1 Å². The van der Waals surface area contributed by atoms with Crippen LogP contribution in [0.1, 0.15) is 32.9 Å². The van der Waals surface area contributed by atoms with E-state index in [0.29, 0.717) is 12.5 Å². The minimum atomic E-state index is -0.370. The quantitative estimate of drug-likeness (QED) is 0.774. The van der Waals surface area contributed by atoms with E-state index in [4.69, 9.17) is 17.3 Å². The first-order valence-corrected chi connectivity index (χ1v) is 9.60. The second-order valence-corrected chi connectivity index (χ2v) is 8.91. The number of halogens is 1. The molecule has 0 saturated heterocycles. The zero-order valence-electron chi connectivity index (χ0n) is 13.6. The van der Waals surface area contributed by atoms with Crippen LogP contribution in [0.4, 0.5) is 0 Å². The van der Waals surface area contributed by atoms with Crippen molar-refractivity contribution in [2.24, 2.45) is 11.7 Å². The Balaban J connectivity index is 1.99. The number of aromatic nitrogens is 1. The molecule has 7 heteroatoms. The maximum absolute atomic E-state index is 12.3. The predicted molar refractivity (Wildman–Crippen MR) is 99.2 cm³/mol. The molecule has 4 nitrogen and oxygen atoms in total. The summed E-state index contributed by atoms with van der Waals surface area (Å²) < 4.78 is 0.738. The molecule has 2 heterocycles. The van der Waals surface area contributed by atoms with E-state index in [1.807, 2.05) is 24.4 Å². The van der Waals surface area contributed by atoms with Crippen LogP contribution in [0.15, 0.2) is 17.5 Å². The average molecular weight is 372 g/mol. The van der Waals surface area contributed by atoms with Gasteiger partial charge in [0.15, 0.2) is 0 Å². The van der Waals surface area contributed by atoms with E-state index in [9.17, 15) is 4.79 Å². The Labute approximate surface area is 150 Å². The first kappa shape index (κ1) is 18.4. The summed E-state index contributed by atoms with van der Waals surface area (Å²) in [5.74, 6) is 0.429. The van der Waals surface area contributed by atoms with Gasteiger partial charge >= 0.3 is 0 Å². The molecule has 0 saturated carbocycles. The van der Waals surface area contributed by atoms with Crippen molar-refractivity contribution in [2.75, 3.05) is 6.54 Å². The third-order valence-electron chi connectivity index (χ3n) is 3.43. The third kappa shape index (κ3) is 5.28. The van der Waals surface area contributed by atoms with Gasteiger partial charge in [-0.3, -0.25) is 4.79 Å². The topological polar surface area (TPSA) is 68.0 Å². The van der Waals surface area contributed by atoms with Crippen LogP contribution in [0.5, 0.6) is 0 Å². The molecule has 1 unspecified atom stereocenters. The Morgan fingerprint density at radius 2 is 2.22 bits per heavy atom. The Bertz CT molecular complexity index is 668. The van der Waals surface area contributed by atoms with E-state index in [0.717, 1.165) is 26.3 Å². The lowest BCUT2D eigenvalue weighted by molar-refractivity contribution is -0.122. The molecule has 1 atom stereocenters. The van der Waals surface area contributed by atoms with Gasteiger partial charge in [-0.15, -0.1) is 22.7 Å². The van der Waals surface area contributed by atoms with Crippen LogP contribution in [0, 0.1) is 5.92 Å². The van der Waals surface area contributed by atoms with Gasteiger partial charge in [0.25, 0.3) is 0 Å². The van der Waals surface area contributed by atoms with Crippen molar-refractivity contribution < 1.29 is 4.79 Å². The maximum Gasteiger partial charge on any atom is 0.226 e. The molecule has 23 heavy (non-hydrogen) atoms. The number of nitrogens with two attached hydrogens (primary N) is 1. The summed E-state index contributed by atoms with van der Waals surface area (Å²) in [6, 6.07) is 3.80. The number of carbonyl (C=O) groups excluding carboxylic acids is 1. The van der Waals surface area contributed by atoms with E-state index in [1.54, 1.807) is 0 Å². The van der Waals surface area contributed by atoms with Gasteiger partial charge in [-0.05, 0) is 31.4 Å². The Morgan fingerprint density at radius 3 is 2.78 bits per heavy atom. The molecule has 2 aromatic rings. The molecule has 3 N–H and O–H groups in total. The number of nitrogens with one attached hydrogen (secondary N) is 1. The summed E-state index contributed by atoms with van der Waals surface area (Å²) in [6.07, 6.45) is 1.12.